The van der Waals surface area contributed by atoms with E-state index in [0.717, 1.165) is 53.6 Å². The largest absolute Gasteiger partial charge is 0.369 e. The molecule has 0 atom stereocenters. The van der Waals surface area contributed by atoms with Crippen molar-refractivity contribution in [3.8, 4) is 0 Å². The molecule has 0 spiro atoms. The first-order valence-electron chi connectivity index (χ1n) is 9.58. The van der Waals surface area contributed by atoms with Gasteiger partial charge >= 0.3 is 0 Å². The molecule has 0 radical (unpaired) electrons. The molecular formula is C22H28ClN5. The van der Waals surface area contributed by atoms with E-state index in [1.54, 1.807) is 0 Å². The number of para-hydroxylation sites is 1. The zero-order valence-corrected chi connectivity index (χ0v) is 17.6. The Morgan fingerprint density at radius 1 is 0.964 bits per heavy atom. The molecule has 148 valence electrons. The number of nitrogens with one attached hydrogen (secondary N) is 1. The molecule has 6 heteroatoms. The highest BCUT2D eigenvalue weighted by Crippen LogP contribution is 2.21. The molecule has 0 aliphatic heterocycles. The quantitative estimate of drug-likeness (QED) is 0.546. The van der Waals surface area contributed by atoms with Gasteiger partial charge in [0.1, 0.15) is 11.6 Å². The highest BCUT2D eigenvalue weighted by Gasteiger charge is 2.10. The maximum Gasteiger partial charge on any atom is 0.145 e. The molecule has 0 unspecified atom stereocenters. The van der Waals surface area contributed by atoms with Crippen LogP contribution in [-0.2, 0) is 13.1 Å². The van der Waals surface area contributed by atoms with Gasteiger partial charge in [-0.3, -0.25) is 4.90 Å². The van der Waals surface area contributed by atoms with Crippen molar-refractivity contribution in [2.24, 2.45) is 0 Å². The van der Waals surface area contributed by atoms with Gasteiger partial charge in [-0.1, -0.05) is 35.9 Å². The number of rotatable bonds is 9. The van der Waals surface area contributed by atoms with Crippen LogP contribution >= 0.6 is 11.6 Å². The molecule has 28 heavy (non-hydrogen) atoms. The summed E-state index contributed by atoms with van der Waals surface area (Å²) < 4.78 is 0. The Morgan fingerprint density at radius 3 is 2.57 bits per heavy atom. The Balaban J connectivity index is 1.73. The van der Waals surface area contributed by atoms with Crippen molar-refractivity contribution < 1.29 is 0 Å². The van der Waals surface area contributed by atoms with Gasteiger partial charge in [0.25, 0.3) is 0 Å². The van der Waals surface area contributed by atoms with E-state index in [-0.39, 0.29) is 0 Å². The Kier molecular flexibility index (Phi) is 7.20. The number of nitrogens with zero attached hydrogens (tertiary/aromatic N) is 4. The topological polar surface area (TPSA) is 44.3 Å². The zero-order valence-electron chi connectivity index (χ0n) is 16.8. The lowest BCUT2D eigenvalue weighted by Crippen LogP contribution is -2.20. The molecule has 1 heterocycles. The van der Waals surface area contributed by atoms with E-state index in [1.165, 1.54) is 5.56 Å². The van der Waals surface area contributed by atoms with Crippen LogP contribution in [0.4, 0.5) is 5.82 Å². The Bertz CT molecular complexity index is 912. The number of hydrogen-bond donors (Lipinski definition) is 1. The van der Waals surface area contributed by atoms with Gasteiger partial charge in [-0.15, -0.1) is 0 Å². The lowest BCUT2D eigenvalue weighted by Gasteiger charge is -2.17. The maximum atomic E-state index is 6.10. The zero-order chi connectivity index (χ0) is 19.9. The SMILES string of the molecule is CN(C)CCCNc1nc(CN(C)Cc2cccc(Cl)c2)nc2ccccc12. The second-order valence-electron chi connectivity index (χ2n) is 7.39. The van der Waals surface area contributed by atoms with Crippen LogP contribution in [0.25, 0.3) is 10.9 Å². The summed E-state index contributed by atoms with van der Waals surface area (Å²) in [5.41, 5.74) is 2.15. The summed E-state index contributed by atoms with van der Waals surface area (Å²) in [5, 5.41) is 5.32. The number of benzene rings is 2. The second-order valence-corrected chi connectivity index (χ2v) is 7.83. The van der Waals surface area contributed by atoms with Crippen molar-refractivity contribution in [2.45, 2.75) is 19.5 Å². The van der Waals surface area contributed by atoms with Crippen LogP contribution in [0.3, 0.4) is 0 Å². The lowest BCUT2D eigenvalue weighted by molar-refractivity contribution is 0.311. The van der Waals surface area contributed by atoms with Crippen molar-refractivity contribution in [1.82, 2.24) is 19.8 Å². The number of fused-ring (bicyclic) bond motifs is 1. The number of halogens is 1. The molecule has 0 fully saturated rings. The molecule has 0 bridgehead atoms. The first kappa shape index (κ1) is 20.5. The highest BCUT2D eigenvalue weighted by atomic mass is 35.5. The first-order valence-corrected chi connectivity index (χ1v) is 9.96. The number of anilines is 1. The van der Waals surface area contributed by atoms with Crippen LogP contribution in [0.1, 0.15) is 17.8 Å². The summed E-state index contributed by atoms with van der Waals surface area (Å²) in [5.74, 6) is 1.73. The molecule has 3 aromatic rings. The average molecular weight is 398 g/mol. The van der Waals surface area contributed by atoms with Gasteiger partial charge in [0.15, 0.2) is 0 Å². The standard InChI is InChI=1S/C22H28ClN5/c1-27(2)13-7-12-24-22-19-10-4-5-11-20(19)25-21(26-22)16-28(3)15-17-8-6-9-18(23)14-17/h4-6,8-11,14H,7,12-13,15-16H2,1-3H3,(H,24,25,26). The molecule has 0 saturated heterocycles. The minimum absolute atomic E-state index is 0.670. The Labute approximate surface area is 172 Å². The van der Waals surface area contributed by atoms with Crippen molar-refractivity contribution in [3.05, 3.63) is 64.9 Å². The highest BCUT2D eigenvalue weighted by molar-refractivity contribution is 6.30. The van der Waals surface area contributed by atoms with Crippen LogP contribution in [-0.4, -0.2) is 54.0 Å². The van der Waals surface area contributed by atoms with Crippen molar-refractivity contribution in [3.63, 3.8) is 0 Å². The summed E-state index contributed by atoms with van der Waals surface area (Å²) in [6.07, 6.45) is 1.06. The number of hydrogen-bond acceptors (Lipinski definition) is 5. The fraction of sp³-hybridized carbons (Fsp3) is 0.364. The maximum absolute atomic E-state index is 6.10. The summed E-state index contributed by atoms with van der Waals surface area (Å²) in [6, 6.07) is 16.1. The van der Waals surface area contributed by atoms with E-state index < -0.39 is 0 Å². The Morgan fingerprint density at radius 2 is 1.79 bits per heavy atom. The van der Waals surface area contributed by atoms with Crippen LogP contribution in [0.5, 0.6) is 0 Å². The molecule has 2 aromatic carbocycles. The van der Waals surface area contributed by atoms with Gasteiger partial charge in [0, 0.05) is 23.5 Å². The normalized spacial score (nSPS) is 11.5. The molecule has 5 nitrogen and oxygen atoms in total. The van der Waals surface area contributed by atoms with E-state index in [4.69, 9.17) is 21.6 Å². The van der Waals surface area contributed by atoms with E-state index in [2.05, 4.69) is 48.4 Å². The van der Waals surface area contributed by atoms with Gasteiger partial charge in [-0.25, -0.2) is 9.97 Å². The van der Waals surface area contributed by atoms with Crippen LogP contribution in [0.15, 0.2) is 48.5 Å². The minimum atomic E-state index is 0.670. The molecule has 3 rings (SSSR count). The molecule has 0 aliphatic carbocycles. The van der Waals surface area contributed by atoms with E-state index >= 15 is 0 Å². The third kappa shape index (κ3) is 5.89. The molecule has 0 amide bonds. The van der Waals surface area contributed by atoms with Crippen molar-refractivity contribution >= 4 is 28.3 Å². The van der Waals surface area contributed by atoms with E-state index in [0.29, 0.717) is 6.54 Å². The lowest BCUT2D eigenvalue weighted by atomic mass is 10.2. The summed E-state index contributed by atoms with van der Waals surface area (Å²) in [6.45, 7) is 3.40. The molecule has 1 aromatic heterocycles. The number of aromatic nitrogens is 2. The predicted molar refractivity (Wildman–Crippen MR) is 118 cm³/mol. The molecule has 0 aliphatic rings. The van der Waals surface area contributed by atoms with E-state index in [9.17, 15) is 0 Å². The fourth-order valence-corrected chi connectivity index (χ4v) is 3.39. The predicted octanol–water partition coefficient (Wildman–Crippen LogP) is 4.28. The summed E-state index contributed by atoms with van der Waals surface area (Å²) in [4.78, 5) is 14.0. The minimum Gasteiger partial charge on any atom is -0.369 e. The molecular weight excluding hydrogens is 370 g/mol. The molecule has 0 saturated carbocycles. The fourth-order valence-electron chi connectivity index (χ4n) is 3.18. The van der Waals surface area contributed by atoms with E-state index in [1.807, 2.05) is 36.4 Å². The Hall–Kier alpha value is -2.21. The summed E-state index contributed by atoms with van der Waals surface area (Å²) in [7, 11) is 6.26. The van der Waals surface area contributed by atoms with Crippen molar-refractivity contribution in [2.75, 3.05) is 39.5 Å². The van der Waals surface area contributed by atoms with Gasteiger partial charge in [-0.2, -0.15) is 0 Å². The monoisotopic (exact) mass is 397 g/mol. The van der Waals surface area contributed by atoms with Crippen LogP contribution in [0, 0.1) is 0 Å². The third-order valence-electron chi connectivity index (χ3n) is 4.48. The van der Waals surface area contributed by atoms with Gasteiger partial charge in [-0.05, 0) is 63.9 Å². The second kappa shape index (κ2) is 9.82. The average Bonchev–Trinajstić information content (AvgIpc) is 2.65. The van der Waals surface area contributed by atoms with Gasteiger partial charge in [0.05, 0.1) is 12.1 Å². The third-order valence-corrected chi connectivity index (χ3v) is 4.71. The van der Waals surface area contributed by atoms with Crippen LogP contribution in [0.2, 0.25) is 5.02 Å². The van der Waals surface area contributed by atoms with Gasteiger partial charge < -0.3 is 10.2 Å². The first-order chi connectivity index (χ1) is 13.5. The molecule has 1 N–H and O–H groups in total. The van der Waals surface area contributed by atoms with Gasteiger partial charge in [0.2, 0.25) is 0 Å². The smallest absolute Gasteiger partial charge is 0.145 e. The van der Waals surface area contributed by atoms with Crippen LogP contribution < -0.4 is 5.32 Å². The van der Waals surface area contributed by atoms with Crippen molar-refractivity contribution in [1.29, 1.82) is 0 Å². The summed E-state index contributed by atoms with van der Waals surface area (Å²) >= 11 is 6.10.